The fraction of sp³-hybridized carbons (Fsp3) is 0.100. The molecule has 0 radical (unpaired) electrons. The van der Waals surface area contributed by atoms with Crippen molar-refractivity contribution in [1.29, 1.82) is 0 Å². The van der Waals surface area contributed by atoms with E-state index in [2.05, 4.69) is 9.97 Å². The summed E-state index contributed by atoms with van der Waals surface area (Å²) < 4.78 is 3.64. The molecule has 4 aromatic rings. The lowest BCUT2D eigenvalue weighted by atomic mass is 10.2. The van der Waals surface area contributed by atoms with Gasteiger partial charge in [-0.25, -0.2) is 4.98 Å². The Morgan fingerprint density at radius 2 is 1.48 bits per heavy atom. The lowest BCUT2D eigenvalue weighted by Gasteiger charge is -2.18. The van der Waals surface area contributed by atoms with Gasteiger partial charge in [0.2, 0.25) is 5.95 Å². The number of rotatable bonds is 2. The molecule has 134 valence electrons. The van der Waals surface area contributed by atoms with Gasteiger partial charge in [-0.3, -0.25) is 13.9 Å². The smallest absolute Gasteiger partial charge is 0.270 e. The van der Waals surface area contributed by atoms with Crippen LogP contribution in [0.5, 0.6) is 0 Å². The van der Waals surface area contributed by atoms with Crippen LogP contribution in [0.4, 0.5) is 5.95 Å². The van der Waals surface area contributed by atoms with Gasteiger partial charge < -0.3 is 5.73 Å². The molecule has 0 aliphatic carbocycles. The van der Waals surface area contributed by atoms with Crippen LogP contribution in [0.2, 0.25) is 0 Å². The molecule has 0 aliphatic rings. The Morgan fingerprint density at radius 3 is 2.07 bits per heavy atom. The Kier molecular flexibility index (Phi) is 4.08. The Bertz CT molecular complexity index is 1310. The Morgan fingerprint density at radius 1 is 0.926 bits per heavy atom. The van der Waals surface area contributed by atoms with Gasteiger partial charge in [-0.2, -0.15) is 4.98 Å². The summed E-state index contributed by atoms with van der Waals surface area (Å²) in [6, 6.07) is 15.4. The highest BCUT2D eigenvalue weighted by Gasteiger charge is 2.17. The maximum Gasteiger partial charge on any atom is 0.270 e. The number of fused-ring (bicyclic) bond motifs is 1. The first-order chi connectivity index (χ1) is 13.0. The summed E-state index contributed by atoms with van der Waals surface area (Å²) in [6.45, 7) is 3.93. The predicted octanol–water partition coefficient (Wildman–Crippen LogP) is 3.50. The van der Waals surface area contributed by atoms with E-state index in [4.69, 9.17) is 18.0 Å². The molecule has 0 fully saturated rings. The zero-order valence-corrected chi connectivity index (χ0v) is 15.7. The Hall–Kier alpha value is -3.32. The number of hydrogen-bond acceptors (Lipinski definition) is 5. The summed E-state index contributed by atoms with van der Waals surface area (Å²) in [6.07, 6.45) is 1.46. The SMILES string of the molecule is Cc1ccccc1-n1c(=O)c2cnc(N)nc2n(-c2ccccc2C)c1=S. The largest absolute Gasteiger partial charge is 0.368 e. The van der Waals surface area contributed by atoms with Gasteiger partial charge in [0.05, 0.1) is 11.4 Å². The van der Waals surface area contributed by atoms with Crippen molar-refractivity contribution in [2.75, 3.05) is 5.73 Å². The number of benzene rings is 2. The monoisotopic (exact) mass is 375 g/mol. The van der Waals surface area contributed by atoms with Gasteiger partial charge in [-0.05, 0) is 49.3 Å². The first-order valence-electron chi connectivity index (χ1n) is 8.41. The summed E-state index contributed by atoms with van der Waals surface area (Å²) >= 11 is 5.76. The topological polar surface area (TPSA) is 78.7 Å². The molecule has 0 saturated heterocycles. The van der Waals surface area contributed by atoms with E-state index in [0.717, 1.165) is 22.5 Å². The van der Waals surface area contributed by atoms with E-state index in [0.29, 0.717) is 15.8 Å². The highest BCUT2D eigenvalue weighted by Crippen LogP contribution is 2.22. The second kappa shape index (κ2) is 6.44. The molecular formula is C20H17N5OS. The molecule has 0 bridgehead atoms. The van der Waals surface area contributed by atoms with Crippen LogP contribution in [-0.4, -0.2) is 19.1 Å². The van der Waals surface area contributed by atoms with E-state index in [1.54, 1.807) is 4.57 Å². The molecule has 0 saturated carbocycles. The standard InChI is InChI=1S/C20H17N5OS/c1-12-7-3-5-9-15(12)24-17-14(11-22-19(21)23-17)18(26)25(20(24)27)16-10-6-4-8-13(16)2/h3-11H,1-2H3,(H2,21,22,23). The number of hydrogen-bond donors (Lipinski definition) is 1. The fourth-order valence-corrected chi connectivity index (χ4v) is 3.53. The first kappa shape index (κ1) is 17.1. The number of nitrogen functional groups attached to an aromatic ring is 1. The lowest BCUT2D eigenvalue weighted by Crippen LogP contribution is -2.25. The molecule has 0 aliphatic heterocycles. The fourth-order valence-electron chi connectivity index (χ4n) is 3.16. The van der Waals surface area contributed by atoms with E-state index in [9.17, 15) is 4.79 Å². The number of nitrogens with two attached hydrogens (primary N) is 1. The van der Waals surface area contributed by atoms with Gasteiger partial charge in [-0.1, -0.05) is 36.4 Å². The summed E-state index contributed by atoms with van der Waals surface area (Å²) in [4.78, 5) is 21.6. The van der Waals surface area contributed by atoms with E-state index in [1.807, 2.05) is 62.4 Å². The van der Waals surface area contributed by atoms with Crippen LogP contribution in [-0.2, 0) is 0 Å². The molecule has 2 aromatic carbocycles. The van der Waals surface area contributed by atoms with Crippen LogP contribution in [0.3, 0.4) is 0 Å². The lowest BCUT2D eigenvalue weighted by molar-refractivity contribution is 0.854. The van der Waals surface area contributed by atoms with E-state index in [1.165, 1.54) is 10.8 Å². The molecule has 6 nitrogen and oxygen atoms in total. The number of aryl methyl sites for hydroxylation is 2. The molecule has 0 unspecified atom stereocenters. The summed E-state index contributed by atoms with van der Waals surface area (Å²) in [5, 5.41) is 0.351. The van der Waals surface area contributed by atoms with Crippen molar-refractivity contribution >= 4 is 29.2 Å². The number of nitrogens with zero attached hydrogens (tertiary/aromatic N) is 4. The number of aromatic nitrogens is 4. The molecule has 0 spiro atoms. The molecule has 27 heavy (non-hydrogen) atoms. The van der Waals surface area contributed by atoms with E-state index < -0.39 is 0 Å². The van der Waals surface area contributed by atoms with Crippen LogP contribution >= 0.6 is 12.2 Å². The minimum absolute atomic E-state index is 0.0901. The minimum atomic E-state index is -0.269. The van der Waals surface area contributed by atoms with Gasteiger partial charge in [0, 0.05) is 6.20 Å². The van der Waals surface area contributed by atoms with Crippen molar-refractivity contribution in [3.8, 4) is 11.4 Å². The summed E-state index contributed by atoms with van der Waals surface area (Å²) in [5.74, 6) is 0.0901. The maximum atomic E-state index is 13.2. The highest BCUT2D eigenvalue weighted by atomic mass is 32.1. The van der Waals surface area contributed by atoms with Crippen LogP contribution in [0.15, 0.2) is 59.5 Å². The molecule has 0 amide bonds. The van der Waals surface area contributed by atoms with Crippen LogP contribution in [0.25, 0.3) is 22.4 Å². The van der Waals surface area contributed by atoms with Gasteiger partial charge in [0.1, 0.15) is 5.39 Å². The van der Waals surface area contributed by atoms with E-state index in [-0.39, 0.29) is 11.5 Å². The van der Waals surface area contributed by atoms with Crippen LogP contribution in [0.1, 0.15) is 11.1 Å². The van der Waals surface area contributed by atoms with Crippen LogP contribution in [0, 0.1) is 18.6 Å². The highest BCUT2D eigenvalue weighted by molar-refractivity contribution is 7.71. The average Bonchev–Trinajstić information content (AvgIpc) is 2.64. The van der Waals surface area contributed by atoms with Gasteiger partial charge in [0.15, 0.2) is 10.4 Å². The van der Waals surface area contributed by atoms with Crippen molar-refractivity contribution < 1.29 is 0 Å². The van der Waals surface area contributed by atoms with Gasteiger partial charge in [0.25, 0.3) is 5.56 Å². The second-order valence-corrected chi connectivity index (χ2v) is 6.66. The molecular weight excluding hydrogens is 358 g/mol. The third-order valence-electron chi connectivity index (χ3n) is 4.53. The Labute approximate surface area is 160 Å². The molecule has 7 heteroatoms. The molecule has 2 N–H and O–H groups in total. The van der Waals surface area contributed by atoms with Crippen molar-refractivity contribution in [3.05, 3.63) is 81.0 Å². The quantitative estimate of drug-likeness (QED) is 0.543. The van der Waals surface area contributed by atoms with Crippen molar-refractivity contribution in [2.24, 2.45) is 0 Å². The first-order valence-corrected chi connectivity index (χ1v) is 8.82. The van der Waals surface area contributed by atoms with Gasteiger partial charge in [-0.15, -0.1) is 0 Å². The Balaban J connectivity index is 2.25. The van der Waals surface area contributed by atoms with Crippen molar-refractivity contribution in [1.82, 2.24) is 19.1 Å². The normalized spacial score (nSPS) is 11.0. The van der Waals surface area contributed by atoms with Crippen molar-refractivity contribution in [3.63, 3.8) is 0 Å². The summed E-state index contributed by atoms with van der Waals surface area (Å²) in [5.41, 5.74) is 9.45. The van der Waals surface area contributed by atoms with Crippen LogP contribution < -0.4 is 11.3 Å². The number of anilines is 1. The third-order valence-corrected chi connectivity index (χ3v) is 4.89. The van der Waals surface area contributed by atoms with E-state index >= 15 is 0 Å². The predicted molar refractivity (Wildman–Crippen MR) is 109 cm³/mol. The molecule has 0 atom stereocenters. The molecule has 2 heterocycles. The van der Waals surface area contributed by atoms with Crippen molar-refractivity contribution in [2.45, 2.75) is 13.8 Å². The minimum Gasteiger partial charge on any atom is -0.368 e. The third kappa shape index (κ3) is 2.72. The second-order valence-electron chi connectivity index (χ2n) is 6.30. The van der Waals surface area contributed by atoms with Gasteiger partial charge >= 0.3 is 0 Å². The zero-order valence-electron chi connectivity index (χ0n) is 14.9. The maximum absolute atomic E-state index is 13.2. The zero-order chi connectivity index (χ0) is 19.1. The molecule has 2 aromatic heterocycles. The average molecular weight is 375 g/mol. The summed E-state index contributed by atoms with van der Waals surface area (Å²) in [7, 11) is 0. The molecule has 4 rings (SSSR count). The number of para-hydroxylation sites is 2.